The monoisotopic (exact) mass is 421 g/mol. The minimum Gasteiger partial charge on any atom is -0.369 e. The van der Waals surface area contributed by atoms with Crippen molar-refractivity contribution in [3.8, 4) is 0 Å². The molecule has 0 spiro atoms. The standard InChI is InChI=1S/C22H27N7S/c1-23-30-20-8-4-6-18(14-20)27-22-15-21(24-16-25-22)26-17-5-3-7-19(13-17)29-11-9-28(2)10-12-29/h3-8,13-16,23H,9-12H2,1-2H3,(H2,24,25,26,27). The van der Waals surface area contributed by atoms with Gasteiger partial charge in [-0.25, -0.2) is 9.97 Å². The second-order valence-corrected chi connectivity index (χ2v) is 8.30. The number of rotatable bonds is 7. The van der Waals surface area contributed by atoms with E-state index in [4.69, 9.17) is 0 Å². The number of piperazine rings is 1. The zero-order valence-electron chi connectivity index (χ0n) is 17.3. The van der Waals surface area contributed by atoms with Crippen LogP contribution in [0.15, 0.2) is 65.8 Å². The molecule has 156 valence electrons. The van der Waals surface area contributed by atoms with Crippen LogP contribution in [0.3, 0.4) is 0 Å². The highest BCUT2D eigenvalue weighted by molar-refractivity contribution is 7.97. The van der Waals surface area contributed by atoms with Gasteiger partial charge in [0.25, 0.3) is 0 Å². The zero-order valence-corrected chi connectivity index (χ0v) is 18.1. The number of hydrogen-bond acceptors (Lipinski definition) is 8. The predicted octanol–water partition coefficient (Wildman–Crippen LogP) is 3.94. The first-order valence-corrected chi connectivity index (χ1v) is 10.8. The topological polar surface area (TPSA) is 68.3 Å². The minimum absolute atomic E-state index is 0.745. The molecule has 30 heavy (non-hydrogen) atoms. The van der Waals surface area contributed by atoms with Crippen molar-refractivity contribution in [3.63, 3.8) is 0 Å². The summed E-state index contributed by atoms with van der Waals surface area (Å²) in [6, 6.07) is 18.6. The highest BCUT2D eigenvalue weighted by Crippen LogP contribution is 2.25. The molecule has 1 saturated heterocycles. The normalized spacial score (nSPS) is 14.5. The Balaban J connectivity index is 1.44. The summed E-state index contributed by atoms with van der Waals surface area (Å²) in [5, 5.41) is 6.76. The van der Waals surface area contributed by atoms with E-state index in [-0.39, 0.29) is 0 Å². The number of likely N-dealkylation sites (N-methyl/N-ethyl adjacent to an activating group) is 1. The van der Waals surface area contributed by atoms with Crippen molar-refractivity contribution >= 4 is 40.6 Å². The number of nitrogens with one attached hydrogen (secondary N) is 3. The summed E-state index contributed by atoms with van der Waals surface area (Å²) in [7, 11) is 4.08. The largest absolute Gasteiger partial charge is 0.369 e. The summed E-state index contributed by atoms with van der Waals surface area (Å²) < 4.78 is 3.09. The Morgan fingerprint density at radius 1 is 0.833 bits per heavy atom. The summed E-state index contributed by atoms with van der Waals surface area (Å²) in [5.41, 5.74) is 3.24. The average Bonchev–Trinajstić information content (AvgIpc) is 2.75. The summed E-state index contributed by atoms with van der Waals surface area (Å²) in [6.07, 6.45) is 1.57. The van der Waals surface area contributed by atoms with E-state index >= 15 is 0 Å². The number of anilines is 5. The van der Waals surface area contributed by atoms with Crippen LogP contribution in [-0.2, 0) is 0 Å². The molecule has 8 heteroatoms. The van der Waals surface area contributed by atoms with Crippen LogP contribution in [0.1, 0.15) is 0 Å². The first-order chi connectivity index (χ1) is 14.7. The van der Waals surface area contributed by atoms with Gasteiger partial charge in [-0.2, -0.15) is 0 Å². The lowest BCUT2D eigenvalue weighted by Crippen LogP contribution is -2.44. The molecule has 0 amide bonds. The molecule has 2 heterocycles. The molecule has 0 atom stereocenters. The summed E-state index contributed by atoms with van der Waals surface area (Å²) in [6.45, 7) is 4.28. The van der Waals surface area contributed by atoms with Gasteiger partial charge in [0.1, 0.15) is 18.0 Å². The van der Waals surface area contributed by atoms with Gasteiger partial charge in [-0.15, -0.1) is 0 Å². The molecule has 1 fully saturated rings. The van der Waals surface area contributed by atoms with E-state index in [1.165, 1.54) is 5.69 Å². The quantitative estimate of drug-likeness (QED) is 0.496. The third-order valence-corrected chi connectivity index (χ3v) is 5.67. The molecule has 1 aromatic heterocycles. The van der Waals surface area contributed by atoms with Gasteiger partial charge in [-0.05, 0) is 62.4 Å². The van der Waals surface area contributed by atoms with Crippen LogP contribution in [0.2, 0.25) is 0 Å². The van der Waals surface area contributed by atoms with Crippen LogP contribution in [0.4, 0.5) is 28.7 Å². The Kier molecular flexibility index (Phi) is 6.68. The van der Waals surface area contributed by atoms with Crippen molar-refractivity contribution in [2.24, 2.45) is 0 Å². The van der Waals surface area contributed by atoms with E-state index in [9.17, 15) is 0 Å². The fourth-order valence-electron chi connectivity index (χ4n) is 3.39. The minimum atomic E-state index is 0.745. The molecular formula is C22H27N7S. The van der Waals surface area contributed by atoms with Gasteiger partial charge in [0.15, 0.2) is 0 Å². The third-order valence-electron chi connectivity index (χ3n) is 4.98. The number of benzene rings is 2. The number of nitrogens with zero attached hydrogens (tertiary/aromatic N) is 4. The molecule has 2 aromatic carbocycles. The molecule has 7 nitrogen and oxygen atoms in total. The molecule has 3 aromatic rings. The van der Waals surface area contributed by atoms with Gasteiger partial charge in [0, 0.05) is 54.2 Å². The maximum atomic E-state index is 4.38. The molecule has 4 rings (SSSR count). The molecule has 0 bridgehead atoms. The van der Waals surface area contributed by atoms with Crippen molar-refractivity contribution in [1.82, 2.24) is 19.6 Å². The van der Waals surface area contributed by atoms with Crippen LogP contribution in [0.5, 0.6) is 0 Å². The van der Waals surface area contributed by atoms with Crippen LogP contribution >= 0.6 is 11.9 Å². The Hall–Kier alpha value is -2.81. The predicted molar refractivity (Wildman–Crippen MR) is 126 cm³/mol. The SMILES string of the molecule is CNSc1cccc(Nc2cc(Nc3cccc(N4CCN(C)CC4)c3)ncn2)c1. The van der Waals surface area contributed by atoms with Crippen molar-refractivity contribution < 1.29 is 0 Å². The van der Waals surface area contributed by atoms with Gasteiger partial charge in [0.2, 0.25) is 0 Å². The van der Waals surface area contributed by atoms with E-state index in [2.05, 4.69) is 78.6 Å². The molecule has 0 aliphatic carbocycles. The molecular weight excluding hydrogens is 394 g/mol. The molecule has 1 aliphatic rings. The van der Waals surface area contributed by atoms with E-state index in [1.54, 1.807) is 18.3 Å². The lowest BCUT2D eigenvalue weighted by Gasteiger charge is -2.34. The zero-order chi connectivity index (χ0) is 20.8. The van der Waals surface area contributed by atoms with Crippen molar-refractivity contribution in [2.45, 2.75) is 4.90 Å². The molecule has 0 unspecified atom stereocenters. The van der Waals surface area contributed by atoms with Gasteiger partial charge in [-0.3, -0.25) is 4.72 Å². The lowest BCUT2D eigenvalue weighted by atomic mass is 10.2. The van der Waals surface area contributed by atoms with Gasteiger partial charge < -0.3 is 20.4 Å². The highest BCUT2D eigenvalue weighted by atomic mass is 32.2. The third kappa shape index (κ3) is 5.41. The van der Waals surface area contributed by atoms with Crippen LogP contribution in [-0.4, -0.2) is 55.1 Å². The molecule has 1 aliphatic heterocycles. The van der Waals surface area contributed by atoms with Gasteiger partial charge >= 0.3 is 0 Å². The average molecular weight is 422 g/mol. The first kappa shape index (κ1) is 20.5. The Labute approximate surface area is 182 Å². The summed E-state index contributed by atoms with van der Waals surface area (Å²) in [5.74, 6) is 1.50. The number of aromatic nitrogens is 2. The lowest BCUT2D eigenvalue weighted by molar-refractivity contribution is 0.313. The first-order valence-electron chi connectivity index (χ1n) is 10.0. The second-order valence-electron chi connectivity index (χ2n) is 7.21. The van der Waals surface area contributed by atoms with E-state index < -0.39 is 0 Å². The maximum absolute atomic E-state index is 4.38. The van der Waals surface area contributed by atoms with E-state index in [0.717, 1.165) is 54.1 Å². The summed E-state index contributed by atoms with van der Waals surface area (Å²) >= 11 is 1.58. The van der Waals surface area contributed by atoms with Crippen LogP contribution in [0, 0.1) is 0 Å². The fourth-order valence-corrected chi connectivity index (χ4v) is 3.96. The van der Waals surface area contributed by atoms with Crippen LogP contribution < -0.4 is 20.3 Å². The Morgan fingerprint density at radius 3 is 2.20 bits per heavy atom. The Morgan fingerprint density at radius 2 is 1.50 bits per heavy atom. The van der Waals surface area contributed by atoms with Crippen molar-refractivity contribution in [3.05, 3.63) is 60.9 Å². The molecule has 0 saturated carbocycles. The molecule has 0 radical (unpaired) electrons. The number of hydrogen-bond donors (Lipinski definition) is 3. The summed E-state index contributed by atoms with van der Waals surface area (Å²) in [4.78, 5) is 14.7. The fraction of sp³-hybridized carbons (Fsp3) is 0.273. The van der Waals surface area contributed by atoms with E-state index in [1.807, 2.05) is 25.2 Å². The maximum Gasteiger partial charge on any atom is 0.135 e. The van der Waals surface area contributed by atoms with Crippen molar-refractivity contribution in [1.29, 1.82) is 0 Å². The van der Waals surface area contributed by atoms with Crippen molar-refractivity contribution in [2.75, 3.05) is 55.8 Å². The van der Waals surface area contributed by atoms with E-state index in [0.29, 0.717) is 0 Å². The van der Waals surface area contributed by atoms with Crippen LogP contribution in [0.25, 0.3) is 0 Å². The van der Waals surface area contributed by atoms with Gasteiger partial charge in [-0.1, -0.05) is 12.1 Å². The van der Waals surface area contributed by atoms with Gasteiger partial charge in [0.05, 0.1) is 0 Å². The molecule has 3 N–H and O–H groups in total. The Bertz CT molecular complexity index is 973. The smallest absolute Gasteiger partial charge is 0.135 e. The highest BCUT2D eigenvalue weighted by Gasteiger charge is 2.14. The second kappa shape index (κ2) is 9.80.